The first-order valence-electron chi connectivity index (χ1n) is 4.28. The van der Waals surface area contributed by atoms with E-state index < -0.39 is 7.60 Å². The molecular formula is C9H13O4P. The van der Waals surface area contributed by atoms with Gasteiger partial charge in [-0.1, -0.05) is 18.2 Å². The monoisotopic (exact) mass is 216 g/mol. The van der Waals surface area contributed by atoms with E-state index in [2.05, 4.69) is 4.52 Å². The lowest BCUT2D eigenvalue weighted by molar-refractivity contribution is 0.241. The smallest absolute Gasteiger partial charge is 0.365 e. The Morgan fingerprint density at radius 1 is 1.36 bits per heavy atom. The molecule has 0 spiro atoms. The zero-order valence-corrected chi connectivity index (χ0v) is 8.81. The summed E-state index contributed by atoms with van der Waals surface area (Å²) in [5, 5.41) is 0. The molecule has 0 saturated carbocycles. The van der Waals surface area contributed by atoms with E-state index in [9.17, 15) is 9.46 Å². The van der Waals surface area contributed by atoms with Crippen LogP contribution in [0.3, 0.4) is 0 Å². The van der Waals surface area contributed by atoms with Crippen molar-refractivity contribution in [3.63, 3.8) is 0 Å². The largest absolute Gasteiger partial charge is 0.481 e. The van der Waals surface area contributed by atoms with Crippen LogP contribution >= 0.6 is 7.60 Å². The van der Waals surface area contributed by atoms with Crippen molar-refractivity contribution in [2.45, 2.75) is 6.92 Å². The third-order valence-corrected chi connectivity index (χ3v) is 2.59. The maximum Gasteiger partial charge on any atom is 0.365 e. The lowest BCUT2D eigenvalue weighted by atomic mass is 10.3. The molecule has 0 aliphatic heterocycles. The van der Waals surface area contributed by atoms with Crippen molar-refractivity contribution < 1.29 is 18.7 Å². The minimum Gasteiger partial charge on any atom is -0.481 e. The summed E-state index contributed by atoms with van der Waals surface area (Å²) in [6.07, 6.45) is -0.315. The molecule has 14 heavy (non-hydrogen) atoms. The minimum atomic E-state index is -3.58. The topological polar surface area (TPSA) is 55.8 Å². The molecule has 0 radical (unpaired) electrons. The van der Waals surface area contributed by atoms with Gasteiger partial charge in [0, 0.05) is 0 Å². The predicted molar refractivity (Wildman–Crippen MR) is 53.4 cm³/mol. The Morgan fingerprint density at radius 3 is 2.57 bits per heavy atom. The Hall–Kier alpha value is -0.830. The number of para-hydroxylation sites is 1. The fourth-order valence-corrected chi connectivity index (χ4v) is 1.70. The van der Waals surface area contributed by atoms with Crippen molar-refractivity contribution in [3.8, 4) is 5.75 Å². The quantitative estimate of drug-likeness (QED) is 0.767. The third kappa shape index (κ3) is 3.92. The van der Waals surface area contributed by atoms with E-state index in [1.54, 1.807) is 31.2 Å². The van der Waals surface area contributed by atoms with Gasteiger partial charge < -0.3 is 14.2 Å². The van der Waals surface area contributed by atoms with Crippen molar-refractivity contribution in [2.75, 3.05) is 13.0 Å². The standard InChI is InChI=1S/C9H13O4P/c1-2-13-14(10,11)8-12-9-6-4-3-5-7-9/h3-7H,2,8H2,1H3,(H,10,11). The highest BCUT2D eigenvalue weighted by Crippen LogP contribution is 2.41. The molecule has 0 aliphatic rings. The molecule has 1 atom stereocenters. The first kappa shape index (κ1) is 11.2. The molecule has 0 bridgehead atoms. The van der Waals surface area contributed by atoms with E-state index in [-0.39, 0.29) is 13.0 Å². The number of ether oxygens (including phenoxy) is 1. The molecule has 0 heterocycles. The van der Waals surface area contributed by atoms with Crippen LogP contribution in [0.4, 0.5) is 0 Å². The summed E-state index contributed by atoms with van der Waals surface area (Å²) in [7, 11) is -3.58. The van der Waals surface area contributed by atoms with E-state index in [0.29, 0.717) is 5.75 Å². The fraction of sp³-hybridized carbons (Fsp3) is 0.333. The first-order valence-corrected chi connectivity index (χ1v) is 6.04. The van der Waals surface area contributed by atoms with Crippen LogP contribution in [0, 0.1) is 0 Å². The van der Waals surface area contributed by atoms with Gasteiger partial charge >= 0.3 is 7.60 Å². The fourth-order valence-electron chi connectivity index (χ4n) is 0.912. The van der Waals surface area contributed by atoms with Crippen LogP contribution in [-0.4, -0.2) is 17.8 Å². The van der Waals surface area contributed by atoms with Gasteiger partial charge in [-0.3, -0.25) is 4.57 Å². The van der Waals surface area contributed by atoms with Crippen LogP contribution in [0.15, 0.2) is 30.3 Å². The van der Waals surface area contributed by atoms with E-state index in [0.717, 1.165) is 0 Å². The van der Waals surface area contributed by atoms with Gasteiger partial charge in [0.2, 0.25) is 0 Å². The predicted octanol–water partition coefficient (Wildman–Crippen LogP) is 2.24. The van der Waals surface area contributed by atoms with Gasteiger partial charge in [0.15, 0.2) is 6.35 Å². The van der Waals surface area contributed by atoms with E-state index in [1.807, 2.05) is 6.07 Å². The van der Waals surface area contributed by atoms with Gasteiger partial charge in [-0.25, -0.2) is 0 Å². The first-order chi connectivity index (χ1) is 6.64. The van der Waals surface area contributed by atoms with E-state index >= 15 is 0 Å². The van der Waals surface area contributed by atoms with Gasteiger partial charge in [-0.05, 0) is 19.1 Å². The molecule has 1 aromatic carbocycles. The highest BCUT2D eigenvalue weighted by Gasteiger charge is 2.19. The maximum atomic E-state index is 11.2. The number of benzene rings is 1. The SMILES string of the molecule is CCOP(=O)(O)COc1ccccc1. The summed E-state index contributed by atoms with van der Waals surface area (Å²) in [6, 6.07) is 8.85. The van der Waals surface area contributed by atoms with Crippen LogP contribution in [-0.2, 0) is 9.09 Å². The summed E-state index contributed by atoms with van der Waals surface area (Å²) in [5.74, 6) is 0.557. The van der Waals surface area contributed by atoms with Crippen LogP contribution in [0.5, 0.6) is 5.75 Å². The molecule has 0 aliphatic carbocycles. The van der Waals surface area contributed by atoms with E-state index in [4.69, 9.17) is 4.74 Å². The average molecular weight is 216 g/mol. The molecule has 1 aromatic rings. The average Bonchev–Trinajstić information content (AvgIpc) is 2.17. The molecule has 0 fully saturated rings. The second-order valence-corrected chi connectivity index (χ2v) is 4.43. The highest BCUT2D eigenvalue weighted by molar-refractivity contribution is 7.52. The summed E-state index contributed by atoms with van der Waals surface area (Å²) >= 11 is 0. The molecule has 0 aromatic heterocycles. The van der Waals surface area contributed by atoms with Crippen LogP contribution < -0.4 is 4.74 Å². The second-order valence-electron chi connectivity index (χ2n) is 2.64. The second kappa shape index (κ2) is 5.15. The Labute approximate surface area is 83.0 Å². The Kier molecular flexibility index (Phi) is 4.14. The zero-order valence-electron chi connectivity index (χ0n) is 7.92. The van der Waals surface area contributed by atoms with Gasteiger partial charge in [0.1, 0.15) is 5.75 Å². The van der Waals surface area contributed by atoms with Crippen LogP contribution in [0.1, 0.15) is 6.92 Å². The molecule has 1 unspecified atom stereocenters. The minimum absolute atomic E-state index is 0.200. The molecule has 4 nitrogen and oxygen atoms in total. The summed E-state index contributed by atoms with van der Waals surface area (Å²) < 4.78 is 20.9. The van der Waals surface area contributed by atoms with Gasteiger partial charge in [0.25, 0.3) is 0 Å². The molecule has 0 saturated heterocycles. The normalized spacial score (nSPS) is 14.7. The zero-order chi connectivity index (χ0) is 10.4. The van der Waals surface area contributed by atoms with Gasteiger partial charge in [-0.2, -0.15) is 0 Å². The number of hydrogen-bond donors (Lipinski definition) is 1. The molecule has 5 heteroatoms. The van der Waals surface area contributed by atoms with Crippen molar-refractivity contribution in [3.05, 3.63) is 30.3 Å². The van der Waals surface area contributed by atoms with Gasteiger partial charge in [-0.15, -0.1) is 0 Å². The van der Waals surface area contributed by atoms with Crippen molar-refractivity contribution in [1.82, 2.24) is 0 Å². The Bertz CT molecular complexity index is 312. The molecule has 1 rings (SSSR count). The molecule has 0 amide bonds. The summed E-state index contributed by atoms with van der Waals surface area (Å²) in [6.45, 7) is 1.86. The van der Waals surface area contributed by atoms with Crippen LogP contribution in [0.25, 0.3) is 0 Å². The van der Waals surface area contributed by atoms with Crippen molar-refractivity contribution in [1.29, 1.82) is 0 Å². The van der Waals surface area contributed by atoms with Crippen LogP contribution in [0.2, 0.25) is 0 Å². The molecule has 78 valence electrons. The Morgan fingerprint density at radius 2 is 2.00 bits per heavy atom. The maximum absolute atomic E-state index is 11.2. The van der Waals surface area contributed by atoms with Crippen molar-refractivity contribution in [2.24, 2.45) is 0 Å². The third-order valence-electron chi connectivity index (χ3n) is 1.47. The Balaban J connectivity index is 2.45. The number of rotatable bonds is 5. The van der Waals surface area contributed by atoms with Gasteiger partial charge in [0.05, 0.1) is 6.61 Å². The molecule has 1 N–H and O–H groups in total. The summed E-state index contributed by atoms with van der Waals surface area (Å²) in [5.41, 5.74) is 0. The lowest BCUT2D eigenvalue weighted by Gasteiger charge is -2.11. The van der Waals surface area contributed by atoms with Crippen molar-refractivity contribution >= 4 is 7.60 Å². The molecular weight excluding hydrogens is 203 g/mol. The lowest BCUT2D eigenvalue weighted by Crippen LogP contribution is -2.01. The van der Waals surface area contributed by atoms with E-state index in [1.165, 1.54) is 0 Å². The summed E-state index contributed by atoms with van der Waals surface area (Å²) in [4.78, 5) is 9.18. The highest BCUT2D eigenvalue weighted by atomic mass is 31.2. The number of hydrogen-bond acceptors (Lipinski definition) is 3.